The molecule has 4 aromatic carbocycles. The Kier molecular flexibility index (Phi) is 13.4. The second kappa shape index (κ2) is 17.3. The van der Waals surface area contributed by atoms with Crippen molar-refractivity contribution in [3.05, 3.63) is 131 Å². The largest absolute Gasteiger partial charge is 0.487 e. The summed E-state index contributed by atoms with van der Waals surface area (Å²) in [6.07, 6.45) is 1.89. The first-order valence-corrected chi connectivity index (χ1v) is 22.0. The first kappa shape index (κ1) is 38.8. The fraction of sp³-hybridized carbons (Fsp3) is 0.375. The van der Waals surface area contributed by atoms with E-state index in [2.05, 4.69) is 68.3 Å². The number of rotatable bonds is 17. The summed E-state index contributed by atoms with van der Waals surface area (Å²) in [5.41, 5.74) is 5.40. The molecule has 3 N–H and O–H groups in total. The highest BCUT2D eigenvalue weighted by Crippen LogP contribution is 2.40. The SMILES string of the molecule is C[C@H](Cc1cccc(CC(=O)NCc2ccccc2)c1)NC[C@@H](O[Si](C)(C)C(C)(C)C)c1ccc(OCc2ccccc2)c(NS(C)(=O)=O)c1. The number of anilines is 1. The molecule has 1 amide bonds. The van der Waals surface area contributed by atoms with Crippen LogP contribution in [0.25, 0.3) is 0 Å². The molecule has 0 aliphatic heterocycles. The van der Waals surface area contributed by atoms with Crippen molar-refractivity contribution < 1.29 is 22.4 Å². The summed E-state index contributed by atoms with van der Waals surface area (Å²) in [4.78, 5) is 12.7. The Bertz CT molecular complexity index is 1790. The van der Waals surface area contributed by atoms with Crippen LogP contribution < -0.4 is 20.1 Å². The predicted molar refractivity (Wildman–Crippen MR) is 206 cm³/mol. The van der Waals surface area contributed by atoms with Gasteiger partial charge in [0.05, 0.1) is 24.5 Å². The summed E-state index contributed by atoms with van der Waals surface area (Å²) in [6.45, 7) is 14.5. The Morgan fingerprint density at radius 1 is 0.820 bits per heavy atom. The zero-order chi connectivity index (χ0) is 36.4. The normalized spacial score (nSPS) is 13.3. The van der Waals surface area contributed by atoms with E-state index < -0.39 is 18.3 Å². The summed E-state index contributed by atoms with van der Waals surface area (Å²) in [5.74, 6) is 0.438. The highest BCUT2D eigenvalue weighted by Gasteiger charge is 2.39. The van der Waals surface area contributed by atoms with Gasteiger partial charge in [-0.15, -0.1) is 0 Å². The van der Waals surface area contributed by atoms with Crippen LogP contribution in [0, 0.1) is 0 Å². The van der Waals surface area contributed by atoms with E-state index in [0.717, 1.165) is 40.5 Å². The van der Waals surface area contributed by atoms with Crippen LogP contribution in [-0.4, -0.2) is 41.5 Å². The standard InChI is InChI=1S/C40H53N3O5SSi/c1-30(23-33-19-14-20-34(24-33)25-39(44)42-27-31-15-10-8-11-16-31)41-28-38(48-50(6,7)40(2,3)4)35-21-22-37(36(26-35)43-49(5,45)46)47-29-32-17-12-9-13-18-32/h8-22,24,26,30,38,41,43H,23,25,27-29H2,1-7H3,(H,42,44)/t30-,38-/m1/s1. The van der Waals surface area contributed by atoms with Crippen LogP contribution in [-0.2, 0) is 45.2 Å². The van der Waals surface area contributed by atoms with Crippen molar-refractivity contribution in [1.82, 2.24) is 10.6 Å². The van der Waals surface area contributed by atoms with Gasteiger partial charge in [0.25, 0.3) is 0 Å². The molecule has 50 heavy (non-hydrogen) atoms. The lowest BCUT2D eigenvalue weighted by Crippen LogP contribution is -2.44. The van der Waals surface area contributed by atoms with Gasteiger partial charge in [-0.1, -0.05) is 112 Å². The lowest BCUT2D eigenvalue weighted by molar-refractivity contribution is -0.120. The van der Waals surface area contributed by atoms with Gasteiger partial charge >= 0.3 is 0 Å². The number of sulfonamides is 1. The maximum absolute atomic E-state index is 12.7. The molecule has 0 radical (unpaired) electrons. The summed E-state index contributed by atoms with van der Waals surface area (Å²) in [6, 6.07) is 33.5. The third-order valence-corrected chi connectivity index (χ3v) is 14.1. The van der Waals surface area contributed by atoms with E-state index in [4.69, 9.17) is 9.16 Å². The average molecular weight is 716 g/mol. The fourth-order valence-electron chi connectivity index (χ4n) is 5.29. The van der Waals surface area contributed by atoms with E-state index in [9.17, 15) is 13.2 Å². The number of amides is 1. The van der Waals surface area contributed by atoms with Crippen LogP contribution in [0.15, 0.2) is 103 Å². The van der Waals surface area contributed by atoms with Gasteiger partial charge in [-0.25, -0.2) is 8.42 Å². The number of hydrogen-bond donors (Lipinski definition) is 3. The number of benzene rings is 4. The zero-order valence-electron chi connectivity index (χ0n) is 30.5. The molecule has 0 heterocycles. The number of nitrogens with one attached hydrogen (secondary N) is 3. The van der Waals surface area contributed by atoms with Crippen molar-refractivity contribution in [3.63, 3.8) is 0 Å². The molecular weight excluding hydrogens is 663 g/mol. The van der Waals surface area contributed by atoms with Crippen LogP contribution in [0.2, 0.25) is 18.1 Å². The van der Waals surface area contributed by atoms with Crippen LogP contribution in [0.1, 0.15) is 61.6 Å². The van der Waals surface area contributed by atoms with Gasteiger partial charge in [0.1, 0.15) is 12.4 Å². The molecule has 0 aromatic heterocycles. The van der Waals surface area contributed by atoms with Crippen molar-refractivity contribution in [2.75, 3.05) is 17.5 Å². The molecule has 4 rings (SSSR count). The first-order valence-electron chi connectivity index (χ1n) is 17.2. The molecule has 4 aromatic rings. The summed E-state index contributed by atoms with van der Waals surface area (Å²) < 4.78 is 40.5. The molecular formula is C40H53N3O5SSi. The molecule has 10 heteroatoms. The van der Waals surface area contributed by atoms with Crippen molar-refractivity contribution in [2.24, 2.45) is 0 Å². The second-order valence-corrected chi connectivity index (χ2v) is 21.0. The molecule has 0 aliphatic carbocycles. The molecule has 0 fully saturated rings. The van der Waals surface area contributed by atoms with E-state index in [1.54, 1.807) is 0 Å². The predicted octanol–water partition coefficient (Wildman–Crippen LogP) is 7.78. The van der Waals surface area contributed by atoms with Crippen molar-refractivity contribution >= 4 is 29.9 Å². The maximum Gasteiger partial charge on any atom is 0.229 e. The van der Waals surface area contributed by atoms with Gasteiger partial charge in [-0.3, -0.25) is 9.52 Å². The van der Waals surface area contributed by atoms with E-state index in [0.29, 0.717) is 37.6 Å². The lowest BCUT2D eigenvalue weighted by atomic mass is 10.0. The highest BCUT2D eigenvalue weighted by molar-refractivity contribution is 7.92. The van der Waals surface area contributed by atoms with Crippen molar-refractivity contribution in [2.45, 2.75) is 84.0 Å². The number of ether oxygens (including phenoxy) is 1. The Morgan fingerprint density at radius 2 is 1.44 bits per heavy atom. The maximum atomic E-state index is 12.7. The molecule has 0 saturated heterocycles. The van der Waals surface area contributed by atoms with Crippen LogP contribution in [0.4, 0.5) is 5.69 Å². The quantitative estimate of drug-likeness (QED) is 0.0965. The van der Waals surface area contributed by atoms with Gasteiger partial charge in [0, 0.05) is 19.1 Å². The van der Waals surface area contributed by atoms with E-state index in [1.807, 2.05) is 91.0 Å². The Morgan fingerprint density at radius 3 is 2.08 bits per heavy atom. The van der Waals surface area contributed by atoms with Crippen LogP contribution in [0.3, 0.4) is 0 Å². The minimum Gasteiger partial charge on any atom is -0.487 e. The smallest absolute Gasteiger partial charge is 0.229 e. The van der Waals surface area contributed by atoms with Gasteiger partial charge in [-0.2, -0.15) is 0 Å². The van der Waals surface area contributed by atoms with Gasteiger partial charge in [0.2, 0.25) is 15.9 Å². The zero-order valence-corrected chi connectivity index (χ0v) is 32.3. The molecule has 2 atom stereocenters. The van der Waals surface area contributed by atoms with Gasteiger partial charge < -0.3 is 19.8 Å². The fourth-order valence-corrected chi connectivity index (χ4v) is 7.14. The van der Waals surface area contributed by atoms with E-state index in [-0.39, 0.29) is 23.1 Å². The number of carbonyl (C=O) groups excluding carboxylic acids is 1. The molecule has 0 spiro atoms. The Hall–Kier alpha value is -3.96. The summed E-state index contributed by atoms with van der Waals surface area (Å²) in [7, 11) is -5.81. The van der Waals surface area contributed by atoms with Crippen LogP contribution >= 0.6 is 0 Å². The van der Waals surface area contributed by atoms with Crippen LogP contribution in [0.5, 0.6) is 5.75 Å². The number of hydrogen-bond acceptors (Lipinski definition) is 6. The van der Waals surface area contributed by atoms with Gasteiger partial charge in [0.15, 0.2) is 8.32 Å². The minimum absolute atomic E-state index is 0.0102. The Labute approximate surface area is 300 Å². The topological polar surface area (TPSA) is 106 Å². The number of carbonyl (C=O) groups is 1. The summed E-state index contributed by atoms with van der Waals surface area (Å²) in [5, 5.41) is 6.66. The van der Waals surface area contributed by atoms with Gasteiger partial charge in [-0.05, 0) is 71.4 Å². The second-order valence-electron chi connectivity index (χ2n) is 14.5. The highest BCUT2D eigenvalue weighted by atomic mass is 32.2. The van der Waals surface area contributed by atoms with Crippen molar-refractivity contribution in [3.8, 4) is 5.75 Å². The third kappa shape index (κ3) is 12.4. The molecule has 0 saturated carbocycles. The molecule has 0 unspecified atom stereocenters. The molecule has 0 aliphatic rings. The van der Waals surface area contributed by atoms with Crippen molar-refractivity contribution in [1.29, 1.82) is 0 Å². The first-order chi connectivity index (χ1) is 23.6. The average Bonchev–Trinajstić information content (AvgIpc) is 3.05. The molecule has 268 valence electrons. The third-order valence-electron chi connectivity index (χ3n) is 9.03. The van der Waals surface area contributed by atoms with E-state index >= 15 is 0 Å². The minimum atomic E-state index is -3.57. The Balaban J connectivity index is 1.47. The molecule has 0 bridgehead atoms. The summed E-state index contributed by atoms with van der Waals surface area (Å²) >= 11 is 0. The van der Waals surface area contributed by atoms with E-state index in [1.165, 1.54) is 0 Å². The monoisotopic (exact) mass is 715 g/mol. The lowest BCUT2D eigenvalue weighted by Gasteiger charge is -2.40. The molecule has 8 nitrogen and oxygen atoms in total.